The van der Waals surface area contributed by atoms with Crippen molar-refractivity contribution in [1.29, 1.82) is 0 Å². The molecule has 0 atom stereocenters. The quantitative estimate of drug-likeness (QED) is 0.923. The minimum atomic E-state index is 0.0332. The van der Waals surface area contributed by atoms with Crippen LogP contribution in [0.1, 0.15) is 36.0 Å². The van der Waals surface area contributed by atoms with E-state index in [1.54, 1.807) is 13.2 Å². The predicted octanol–water partition coefficient (Wildman–Crippen LogP) is 1.83. The van der Waals surface area contributed by atoms with Gasteiger partial charge in [-0.3, -0.25) is 9.59 Å². The van der Waals surface area contributed by atoms with Crippen LogP contribution >= 0.6 is 0 Å². The zero-order valence-electron chi connectivity index (χ0n) is 12.9. The van der Waals surface area contributed by atoms with E-state index >= 15 is 0 Å². The number of ether oxygens (including phenoxy) is 1. The molecule has 1 heterocycles. The van der Waals surface area contributed by atoms with Gasteiger partial charge >= 0.3 is 0 Å². The van der Waals surface area contributed by atoms with Gasteiger partial charge in [-0.25, -0.2) is 0 Å². The summed E-state index contributed by atoms with van der Waals surface area (Å²) in [5, 5.41) is 3.10. The Labute approximate surface area is 130 Å². The van der Waals surface area contributed by atoms with Crippen LogP contribution in [0.25, 0.3) is 0 Å². The lowest BCUT2D eigenvalue weighted by Crippen LogP contribution is -2.46. The molecule has 5 heteroatoms. The molecule has 3 rings (SSSR count). The highest BCUT2D eigenvalue weighted by Gasteiger charge is 2.32. The fourth-order valence-electron chi connectivity index (χ4n) is 2.83. The molecule has 0 bridgehead atoms. The number of benzene rings is 1. The van der Waals surface area contributed by atoms with E-state index in [4.69, 9.17) is 4.74 Å². The summed E-state index contributed by atoms with van der Waals surface area (Å²) < 4.78 is 5.16. The third-order valence-electron chi connectivity index (χ3n) is 4.39. The van der Waals surface area contributed by atoms with Crippen LogP contribution in [0, 0.1) is 5.92 Å². The summed E-state index contributed by atoms with van der Waals surface area (Å²) in [5.41, 5.74) is 0.653. The number of likely N-dealkylation sites (tertiary alicyclic amines) is 1. The molecule has 2 fully saturated rings. The molecule has 22 heavy (non-hydrogen) atoms. The maximum absolute atomic E-state index is 12.5. The van der Waals surface area contributed by atoms with Crippen LogP contribution in [0.4, 0.5) is 0 Å². The SMILES string of the molecule is COc1cccc(C(=O)N2CCC(NC(=O)C3CC3)CC2)c1. The number of nitrogens with zero attached hydrogens (tertiary/aromatic N) is 1. The first-order chi connectivity index (χ1) is 10.7. The van der Waals surface area contributed by atoms with Crippen molar-refractivity contribution in [2.75, 3.05) is 20.2 Å². The van der Waals surface area contributed by atoms with E-state index in [2.05, 4.69) is 5.32 Å². The Morgan fingerprint density at radius 2 is 1.91 bits per heavy atom. The standard InChI is InChI=1S/C17H22N2O3/c1-22-15-4-2-3-13(11-15)17(21)19-9-7-14(8-10-19)18-16(20)12-5-6-12/h2-4,11-12,14H,5-10H2,1H3,(H,18,20). The van der Waals surface area contributed by atoms with Crippen LogP contribution in [0.3, 0.4) is 0 Å². The minimum absolute atomic E-state index is 0.0332. The first kappa shape index (κ1) is 14.9. The molecule has 5 nitrogen and oxygen atoms in total. The second-order valence-corrected chi connectivity index (χ2v) is 6.08. The van der Waals surface area contributed by atoms with Crippen LogP contribution in [-0.2, 0) is 4.79 Å². The molecule has 1 aliphatic carbocycles. The van der Waals surface area contributed by atoms with Crippen molar-refractivity contribution in [1.82, 2.24) is 10.2 Å². The van der Waals surface area contributed by atoms with Gasteiger partial charge in [-0.1, -0.05) is 6.07 Å². The summed E-state index contributed by atoms with van der Waals surface area (Å²) in [7, 11) is 1.59. The molecule has 1 aromatic rings. The number of carbonyl (C=O) groups excluding carboxylic acids is 2. The summed E-state index contributed by atoms with van der Waals surface area (Å²) in [6.45, 7) is 1.37. The Morgan fingerprint density at radius 3 is 2.55 bits per heavy atom. The molecule has 1 saturated heterocycles. The van der Waals surface area contributed by atoms with Gasteiger partial charge in [-0.05, 0) is 43.9 Å². The molecule has 2 aliphatic rings. The normalized spacial score (nSPS) is 18.9. The van der Waals surface area contributed by atoms with Crippen LogP contribution in [0.5, 0.6) is 5.75 Å². The van der Waals surface area contributed by atoms with Gasteiger partial charge in [-0.2, -0.15) is 0 Å². The third kappa shape index (κ3) is 3.40. The second-order valence-electron chi connectivity index (χ2n) is 6.08. The number of piperidine rings is 1. The molecule has 1 N–H and O–H groups in total. The van der Waals surface area contributed by atoms with Crippen molar-refractivity contribution in [3.05, 3.63) is 29.8 Å². The lowest BCUT2D eigenvalue weighted by molar-refractivity contribution is -0.123. The maximum Gasteiger partial charge on any atom is 0.253 e. The lowest BCUT2D eigenvalue weighted by Gasteiger charge is -2.32. The van der Waals surface area contributed by atoms with Gasteiger partial charge < -0.3 is 15.0 Å². The fraction of sp³-hybridized carbons (Fsp3) is 0.529. The summed E-state index contributed by atoms with van der Waals surface area (Å²) in [6.07, 6.45) is 3.71. The van der Waals surface area contributed by atoms with Gasteiger partial charge in [0.1, 0.15) is 5.75 Å². The van der Waals surface area contributed by atoms with Crippen LogP contribution in [0.2, 0.25) is 0 Å². The number of hydrogen-bond donors (Lipinski definition) is 1. The first-order valence-corrected chi connectivity index (χ1v) is 7.91. The fourth-order valence-corrected chi connectivity index (χ4v) is 2.83. The van der Waals surface area contributed by atoms with E-state index in [0.29, 0.717) is 24.4 Å². The van der Waals surface area contributed by atoms with Crippen LogP contribution in [-0.4, -0.2) is 43.0 Å². The molecule has 1 saturated carbocycles. The molecule has 0 radical (unpaired) electrons. The van der Waals surface area contributed by atoms with Crippen molar-refractivity contribution in [2.24, 2.45) is 5.92 Å². The van der Waals surface area contributed by atoms with Gasteiger partial charge in [0.25, 0.3) is 5.91 Å². The Bertz CT molecular complexity index is 561. The Morgan fingerprint density at radius 1 is 1.18 bits per heavy atom. The summed E-state index contributed by atoms with van der Waals surface area (Å²) in [5.74, 6) is 1.16. The number of amides is 2. The zero-order valence-corrected chi connectivity index (χ0v) is 12.9. The summed E-state index contributed by atoms with van der Waals surface area (Å²) in [6, 6.07) is 7.45. The molecule has 118 valence electrons. The number of nitrogens with one attached hydrogen (secondary N) is 1. The van der Waals surface area contributed by atoms with Crippen LogP contribution < -0.4 is 10.1 Å². The maximum atomic E-state index is 12.5. The minimum Gasteiger partial charge on any atom is -0.497 e. The van der Waals surface area contributed by atoms with Gasteiger partial charge in [0.2, 0.25) is 5.91 Å². The molecular formula is C17H22N2O3. The van der Waals surface area contributed by atoms with E-state index in [0.717, 1.165) is 25.7 Å². The number of rotatable bonds is 4. The second kappa shape index (κ2) is 6.38. The Kier molecular flexibility index (Phi) is 4.32. The van der Waals surface area contributed by atoms with E-state index in [9.17, 15) is 9.59 Å². The van der Waals surface area contributed by atoms with E-state index in [-0.39, 0.29) is 23.8 Å². The smallest absolute Gasteiger partial charge is 0.253 e. The van der Waals surface area contributed by atoms with Crippen molar-refractivity contribution in [3.8, 4) is 5.75 Å². The average molecular weight is 302 g/mol. The monoisotopic (exact) mass is 302 g/mol. The largest absolute Gasteiger partial charge is 0.497 e. The highest BCUT2D eigenvalue weighted by atomic mass is 16.5. The van der Waals surface area contributed by atoms with Gasteiger partial charge in [0, 0.05) is 30.6 Å². The van der Waals surface area contributed by atoms with E-state index in [1.807, 2.05) is 23.1 Å². The highest BCUT2D eigenvalue weighted by Crippen LogP contribution is 2.29. The summed E-state index contributed by atoms with van der Waals surface area (Å²) >= 11 is 0. The predicted molar refractivity (Wildman–Crippen MR) is 82.8 cm³/mol. The molecule has 0 spiro atoms. The lowest BCUT2D eigenvalue weighted by atomic mass is 10.0. The number of methoxy groups -OCH3 is 1. The van der Waals surface area contributed by atoms with Crippen molar-refractivity contribution >= 4 is 11.8 Å². The van der Waals surface area contributed by atoms with Gasteiger partial charge in [0.15, 0.2) is 0 Å². The molecule has 1 aromatic carbocycles. The van der Waals surface area contributed by atoms with Crippen molar-refractivity contribution in [2.45, 2.75) is 31.7 Å². The van der Waals surface area contributed by atoms with E-state index < -0.39 is 0 Å². The molecule has 0 unspecified atom stereocenters. The Hall–Kier alpha value is -2.04. The molecular weight excluding hydrogens is 280 g/mol. The zero-order chi connectivity index (χ0) is 15.5. The van der Waals surface area contributed by atoms with Gasteiger partial charge in [0.05, 0.1) is 7.11 Å². The molecule has 2 amide bonds. The third-order valence-corrected chi connectivity index (χ3v) is 4.39. The Balaban J connectivity index is 1.53. The van der Waals surface area contributed by atoms with Crippen molar-refractivity contribution < 1.29 is 14.3 Å². The van der Waals surface area contributed by atoms with Gasteiger partial charge in [-0.15, -0.1) is 0 Å². The number of carbonyl (C=O) groups is 2. The number of hydrogen-bond acceptors (Lipinski definition) is 3. The topological polar surface area (TPSA) is 58.6 Å². The summed E-state index contributed by atoms with van der Waals surface area (Å²) in [4.78, 5) is 26.1. The van der Waals surface area contributed by atoms with Crippen molar-refractivity contribution in [3.63, 3.8) is 0 Å². The molecule has 0 aromatic heterocycles. The highest BCUT2D eigenvalue weighted by molar-refractivity contribution is 5.94. The van der Waals surface area contributed by atoms with E-state index in [1.165, 1.54) is 0 Å². The first-order valence-electron chi connectivity index (χ1n) is 7.91. The van der Waals surface area contributed by atoms with Crippen LogP contribution in [0.15, 0.2) is 24.3 Å². The molecule has 1 aliphatic heterocycles. The average Bonchev–Trinajstić information content (AvgIpc) is 3.40.